The summed E-state index contributed by atoms with van der Waals surface area (Å²) in [7, 11) is 0. The van der Waals surface area contributed by atoms with Gasteiger partial charge in [-0.15, -0.1) is 0 Å². The van der Waals surface area contributed by atoms with Crippen molar-refractivity contribution in [2.45, 2.75) is 25.3 Å². The molecule has 4 rings (SSSR count). The molecule has 4 nitrogen and oxygen atoms in total. The van der Waals surface area contributed by atoms with Gasteiger partial charge < -0.3 is 4.52 Å². The number of aromatic nitrogens is 2. The third kappa shape index (κ3) is 3.91. The molecule has 0 spiro atoms. The highest BCUT2D eigenvalue weighted by molar-refractivity contribution is 6.30. The number of hydrogen-bond acceptors (Lipinski definition) is 4. The van der Waals surface area contributed by atoms with Gasteiger partial charge in [0, 0.05) is 17.1 Å². The Labute approximate surface area is 152 Å². The highest BCUT2D eigenvalue weighted by Crippen LogP contribution is 2.27. The molecule has 0 radical (unpaired) electrons. The molecule has 0 amide bonds. The fraction of sp³-hybridized carbons (Fsp3) is 0.300. The monoisotopic (exact) mass is 353 g/mol. The highest BCUT2D eigenvalue weighted by atomic mass is 35.5. The average molecular weight is 354 g/mol. The molecule has 0 aliphatic carbocycles. The van der Waals surface area contributed by atoms with E-state index in [0.29, 0.717) is 29.2 Å². The van der Waals surface area contributed by atoms with E-state index in [1.165, 1.54) is 18.4 Å². The first-order valence-electron chi connectivity index (χ1n) is 8.64. The van der Waals surface area contributed by atoms with Gasteiger partial charge >= 0.3 is 0 Å². The number of piperidine rings is 1. The van der Waals surface area contributed by atoms with Gasteiger partial charge in [-0.3, -0.25) is 4.90 Å². The van der Waals surface area contributed by atoms with Crippen LogP contribution in [0.15, 0.2) is 59.1 Å². The second kappa shape index (κ2) is 7.38. The molecule has 128 valence electrons. The summed E-state index contributed by atoms with van der Waals surface area (Å²) in [4.78, 5) is 6.93. The zero-order valence-corrected chi connectivity index (χ0v) is 14.7. The van der Waals surface area contributed by atoms with Crippen LogP contribution < -0.4 is 0 Å². The minimum Gasteiger partial charge on any atom is -0.338 e. The van der Waals surface area contributed by atoms with Gasteiger partial charge in [0.2, 0.25) is 11.7 Å². The second-order valence-corrected chi connectivity index (χ2v) is 6.94. The van der Waals surface area contributed by atoms with Crippen molar-refractivity contribution in [1.29, 1.82) is 0 Å². The predicted octanol–water partition coefficient (Wildman–Crippen LogP) is 4.77. The maximum atomic E-state index is 6.04. The minimum absolute atomic E-state index is 0.574. The minimum atomic E-state index is 0.574. The highest BCUT2D eigenvalue weighted by Gasteiger charge is 2.23. The van der Waals surface area contributed by atoms with E-state index in [1.807, 2.05) is 24.3 Å². The number of nitrogens with zero attached hydrogens (tertiary/aromatic N) is 3. The van der Waals surface area contributed by atoms with Gasteiger partial charge in [0.15, 0.2) is 0 Å². The molecule has 0 bridgehead atoms. The van der Waals surface area contributed by atoms with Gasteiger partial charge in [-0.1, -0.05) is 59.2 Å². The van der Waals surface area contributed by atoms with Crippen LogP contribution in [0.3, 0.4) is 0 Å². The largest absolute Gasteiger partial charge is 0.338 e. The van der Waals surface area contributed by atoms with Gasteiger partial charge in [-0.05, 0) is 43.0 Å². The van der Waals surface area contributed by atoms with Crippen molar-refractivity contribution in [1.82, 2.24) is 15.0 Å². The molecule has 2 aromatic carbocycles. The summed E-state index contributed by atoms with van der Waals surface area (Å²) in [6, 6.07) is 18.3. The van der Waals surface area contributed by atoms with E-state index in [2.05, 4.69) is 45.4 Å². The number of benzene rings is 2. The summed E-state index contributed by atoms with van der Waals surface area (Å²) in [6.45, 7) is 2.79. The Balaban J connectivity index is 1.44. The summed E-state index contributed by atoms with van der Waals surface area (Å²) in [5, 5.41) is 4.77. The number of halogens is 1. The lowest BCUT2D eigenvalue weighted by Crippen LogP contribution is -2.33. The Hall–Kier alpha value is -2.17. The smallest absolute Gasteiger partial charge is 0.241 e. The third-order valence-electron chi connectivity index (χ3n) is 4.69. The molecule has 25 heavy (non-hydrogen) atoms. The summed E-state index contributed by atoms with van der Waals surface area (Å²) in [5.74, 6) is 1.82. The molecule has 1 aliphatic heterocycles. The molecular formula is C20H20ClN3O. The molecule has 0 unspecified atom stereocenters. The van der Waals surface area contributed by atoms with Crippen molar-refractivity contribution < 1.29 is 4.52 Å². The summed E-state index contributed by atoms with van der Waals surface area (Å²) < 4.78 is 5.46. The standard InChI is InChI=1S/C20H20ClN3O/c21-18-10-4-8-16(12-18)20-22-19(25-23-20)14-24-11-5-9-17(13-24)15-6-2-1-3-7-15/h1-4,6-8,10,12,17H,5,9,11,13-14H2/t17-/m0/s1. The zero-order chi connectivity index (χ0) is 17.1. The van der Waals surface area contributed by atoms with E-state index in [4.69, 9.17) is 16.1 Å². The normalized spacial score (nSPS) is 18.4. The molecule has 1 atom stereocenters. The van der Waals surface area contributed by atoms with Gasteiger partial charge in [0.1, 0.15) is 0 Å². The fourth-order valence-electron chi connectivity index (χ4n) is 3.45. The van der Waals surface area contributed by atoms with E-state index in [1.54, 1.807) is 0 Å². The van der Waals surface area contributed by atoms with E-state index in [-0.39, 0.29) is 0 Å². The third-order valence-corrected chi connectivity index (χ3v) is 4.92. The van der Waals surface area contributed by atoms with E-state index in [0.717, 1.165) is 18.7 Å². The molecule has 1 aliphatic rings. The summed E-state index contributed by atoms with van der Waals surface area (Å²) >= 11 is 6.04. The quantitative estimate of drug-likeness (QED) is 0.677. The Morgan fingerprint density at radius 2 is 2.00 bits per heavy atom. The SMILES string of the molecule is Clc1cccc(-c2noc(CN3CCC[C@H](c4ccccc4)C3)n2)c1. The maximum Gasteiger partial charge on any atom is 0.241 e. The second-order valence-electron chi connectivity index (χ2n) is 6.51. The van der Waals surface area contributed by atoms with Crippen LogP contribution >= 0.6 is 11.6 Å². The molecule has 1 fully saturated rings. The van der Waals surface area contributed by atoms with Crippen molar-refractivity contribution in [2.24, 2.45) is 0 Å². The maximum absolute atomic E-state index is 6.04. The number of hydrogen-bond donors (Lipinski definition) is 0. The number of likely N-dealkylation sites (tertiary alicyclic amines) is 1. The Morgan fingerprint density at radius 3 is 2.84 bits per heavy atom. The van der Waals surface area contributed by atoms with Crippen molar-refractivity contribution in [3.05, 3.63) is 71.1 Å². The van der Waals surface area contributed by atoms with Crippen LogP contribution in [-0.2, 0) is 6.54 Å². The van der Waals surface area contributed by atoms with Crippen LogP contribution in [0, 0.1) is 0 Å². The molecule has 0 saturated carbocycles. The molecular weight excluding hydrogens is 334 g/mol. The van der Waals surface area contributed by atoms with Crippen LogP contribution in [0.4, 0.5) is 0 Å². The van der Waals surface area contributed by atoms with Crippen LogP contribution in [0.25, 0.3) is 11.4 Å². The zero-order valence-electron chi connectivity index (χ0n) is 13.9. The lowest BCUT2D eigenvalue weighted by molar-refractivity contribution is 0.177. The van der Waals surface area contributed by atoms with E-state index < -0.39 is 0 Å². The lowest BCUT2D eigenvalue weighted by Gasteiger charge is -2.31. The fourth-order valence-corrected chi connectivity index (χ4v) is 3.64. The first-order chi connectivity index (χ1) is 12.3. The van der Waals surface area contributed by atoms with Gasteiger partial charge in [-0.2, -0.15) is 4.98 Å². The Morgan fingerprint density at radius 1 is 1.12 bits per heavy atom. The summed E-state index contributed by atoms with van der Waals surface area (Å²) in [6.07, 6.45) is 2.42. The van der Waals surface area contributed by atoms with Crippen molar-refractivity contribution in [2.75, 3.05) is 13.1 Å². The van der Waals surface area contributed by atoms with E-state index >= 15 is 0 Å². The molecule has 5 heteroatoms. The van der Waals surface area contributed by atoms with Crippen molar-refractivity contribution >= 4 is 11.6 Å². The van der Waals surface area contributed by atoms with Gasteiger partial charge in [-0.25, -0.2) is 0 Å². The number of rotatable bonds is 4. The first-order valence-corrected chi connectivity index (χ1v) is 9.01. The van der Waals surface area contributed by atoms with Crippen LogP contribution in [-0.4, -0.2) is 28.1 Å². The van der Waals surface area contributed by atoms with Gasteiger partial charge in [0.05, 0.1) is 6.54 Å². The Kier molecular flexibility index (Phi) is 4.81. The molecule has 1 aromatic heterocycles. The molecule has 1 saturated heterocycles. The summed E-state index contributed by atoms with van der Waals surface area (Å²) in [5.41, 5.74) is 2.29. The van der Waals surface area contributed by atoms with Gasteiger partial charge in [0.25, 0.3) is 0 Å². The molecule has 0 N–H and O–H groups in total. The Bertz CT molecular complexity index is 834. The van der Waals surface area contributed by atoms with Crippen molar-refractivity contribution in [3.63, 3.8) is 0 Å². The van der Waals surface area contributed by atoms with E-state index in [9.17, 15) is 0 Å². The topological polar surface area (TPSA) is 42.2 Å². The molecule has 3 aromatic rings. The van der Waals surface area contributed by atoms with Crippen LogP contribution in [0.1, 0.15) is 30.2 Å². The van der Waals surface area contributed by atoms with Crippen LogP contribution in [0.2, 0.25) is 5.02 Å². The first kappa shape index (κ1) is 16.3. The average Bonchev–Trinajstić information content (AvgIpc) is 3.11. The lowest BCUT2D eigenvalue weighted by atomic mass is 9.91. The van der Waals surface area contributed by atoms with Crippen LogP contribution in [0.5, 0.6) is 0 Å². The predicted molar refractivity (Wildman–Crippen MR) is 98.4 cm³/mol. The van der Waals surface area contributed by atoms with Crippen molar-refractivity contribution in [3.8, 4) is 11.4 Å². The molecule has 2 heterocycles.